The fraction of sp³-hybridized carbons (Fsp3) is 0.372. The SMILES string of the molecule is COc1cc(N2CCC(CN3CCN(c4ccc(Oc5cc6oc7ccccc7c(=O)c6nc5N)cc4)C[C@@H]3C)CC2)cc2c1CN(C1CCC(=O)NC1=O)C2=O. The molecular formula is C43H45N7O7. The molecule has 2 atom stereocenters. The van der Waals surface area contributed by atoms with E-state index < -0.39 is 11.9 Å². The second-order valence-corrected chi connectivity index (χ2v) is 15.5. The third kappa shape index (κ3) is 6.87. The highest BCUT2D eigenvalue weighted by Gasteiger charge is 2.41. The molecule has 3 saturated heterocycles. The summed E-state index contributed by atoms with van der Waals surface area (Å²) in [6, 6.07) is 20.3. The third-order valence-corrected chi connectivity index (χ3v) is 12.0. The lowest BCUT2D eigenvalue weighted by atomic mass is 9.94. The Labute approximate surface area is 329 Å². The van der Waals surface area contributed by atoms with Gasteiger partial charge in [-0.05, 0) is 74.6 Å². The molecule has 3 N–H and O–H groups in total. The number of ether oxygens (including phenoxy) is 2. The third-order valence-electron chi connectivity index (χ3n) is 12.0. The predicted molar refractivity (Wildman–Crippen MR) is 216 cm³/mol. The van der Waals surface area contributed by atoms with Crippen molar-refractivity contribution in [1.82, 2.24) is 20.1 Å². The molecule has 5 aromatic rings. The minimum absolute atomic E-state index is 0.116. The summed E-state index contributed by atoms with van der Waals surface area (Å²) in [4.78, 5) is 64.0. The molecule has 9 rings (SSSR count). The van der Waals surface area contributed by atoms with Gasteiger partial charge in [-0.1, -0.05) is 12.1 Å². The van der Waals surface area contributed by atoms with Gasteiger partial charge in [0.15, 0.2) is 22.7 Å². The molecule has 0 aliphatic carbocycles. The average molecular weight is 772 g/mol. The van der Waals surface area contributed by atoms with E-state index in [2.05, 4.69) is 44.1 Å². The zero-order valence-electron chi connectivity index (χ0n) is 32.0. The van der Waals surface area contributed by atoms with Gasteiger partial charge >= 0.3 is 0 Å². The molecule has 0 radical (unpaired) electrons. The predicted octanol–water partition coefficient (Wildman–Crippen LogP) is 4.91. The van der Waals surface area contributed by atoms with Crippen molar-refractivity contribution in [3.8, 4) is 17.2 Å². The minimum atomic E-state index is -0.661. The highest BCUT2D eigenvalue weighted by molar-refractivity contribution is 6.06. The number of methoxy groups -OCH3 is 1. The van der Waals surface area contributed by atoms with Crippen LogP contribution in [0.2, 0.25) is 0 Å². The number of nitrogens with one attached hydrogen (secondary N) is 1. The number of rotatable bonds is 8. The van der Waals surface area contributed by atoms with Gasteiger partial charge in [-0.25, -0.2) is 4.98 Å². The molecule has 3 fully saturated rings. The van der Waals surface area contributed by atoms with Crippen LogP contribution in [0.3, 0.4) is 0 Å². The first-order chi connectivity index (χ1) is 27.6. The van der Waals surface area contributed by atoms with E-state index in [4.69, 9.17) is 19.6 Å². The summed E-state index contributed by atoms with van der Waals surface area (Å²) in [6.45, 7) is 8.17. The standard InChI is InChI=1S/C43H45N7O7/c1-25-22-49(27-7-9-29(10-8-27)56-37-21-36-39(46-41(37)44)40(52)30-5-3-4-6-34(30)57-36)18-17-48(25)23-26-13-15-47(16-14-26)28-19-31-32(35(20-28)55-2)24-50(43(31)54)33-11-12-38(51)45-42(33)53/h3-10,19-21,25-26,33H,11-18,22-24H2,1-2H3,(H2,44,46)(H,45,51,53)/t25-,33?/m0/s1. The normalized spacial score (nSPS) is 20.7. The van der Waals surface area contributed by atoms with Crippen molar-refractivity contribution in [3.05, 3.63) is 88.1 Å². The zero-order chi connectivity index (χ0) is 39.4. The van der Waals surface area contributed by atoms with Crippen molar-refractivity contribution in [2.24, 2.45) is 5.92 Å². The number of pyridine rings is 1. The van der Waals surface area contributed by atoms with Gasteiger partial charge in [0.05, 0.1) is 24.6 Å². The van der Waals surface area contributed by atoms with Crippen molar-refractivity contribution in [1.29, 1.82) is 0 Å². The Kier molecular flexibility index (Phi) is 9.43. The number of amides is 3. The van der Waals surface area contributed by atoms with Crippen LogP contribution in [-0.2, 0) is 16.1 Å². The maximum atomic E-state index is 13.6. The smallest absolute Gasteiger partial charge is 0.255 e. The number of benzene rings is 3. The van der Waals surface area contributed by atoms with Crippen molar-refractivity contribution in [2.75, 3.05) is 61.9 Å². The van der Waals surface area contributed by atoms with Gasteiger partial charge in [0.25, 0.3) is 5.91 Å². The maximum Gasteiger partial charge on any atom is 0.255 e. The first kappa shape index (κ1) is 36.5. The second-order valence-electron chi connectivity index (χ2n) is 15.5. The number of fused-ring (bicyclic) bond motifs is 3. The van der Waals surface area contributed by atoms with Crippen LogP contribution in [0.4, 0.5) is 17.2 Å². The van der Waals surface area contributed by atoms with Gasteiger partial charge in [-0.3, -0.25) is 29.4 Å². The Morgan fingerprint density at radius 1 is 0.877 bits per heavy atom. The summed E-state index contributed by atoms with van der Waals surface area (Å²) >= 11 is 0. The van der Waals surface area contributed by atoms with Crippen LogP contribution in [0, 0.1) is 5.92 Å². The van der Waals surface area contributed by atoms with E-state index >= 15 is 0 Å². The number of hydrogen-bond acceptors (Lipinski definition) is 12. The minimum Gasteiger partial charge on any atom is -0.496 e. The van der Waals surface area contributed by atoms with Gasteiger partial charge in [0.1, 0.15) is 23.1 Å². The molecule has 3 aromatic carbocycles. The summed E-state index contributed by atoms with van der Waals surface area (Å²) in [5.41, 5.74) is 10.4. The topological polar surface area (TPSA) is 164 Å². The van der Waals surface area contributed by atoms with E-state index in [0.717, 1.165) is 69.0 Å². The molecule has 2 aromatic heterocycles. The van der Waals surface area contributed by atoms with Crippen LogP contribution >= 0.6 is 0 Å². The maximum absolute atomic E-state index is 13.6. The average Bonchev–Trinajstić information content (AvgIpc) is 3.55. The number of aromatic nitrogens is 1. The Balaban J connectivity index is 0.788. The number of carbonyl (C=O) groups excluding carboxylic acids is 3. The van der Waals surface area contributed by atoms with Gasteiger partial charge in [-0.2, -0.15) is 0 Å². The van der Waals surface area contributed by atoms with Crippen LogP contribution in [0.25, 0.3) is 22.1 Å². The molecule has 4 aliphatic heterocycles. The molecule has 14 nitrogen and oxygen atoms in total. The molecule has 14 heteroatoms. The number of imide groups is 1. The van der Waals surface area contributed by atoms with E-state index in [1.807, 2.05) is 30.3 Å². The molecule has 4 aliphatic rings. The first-order valence-corrected chi connectivity index (χ1v) is 19.6. The molecule has 1 unspecified atom stereocenters. The van der Waals surface area contributed by atoms with Crippen LogP contribution in [0.5, 0.6) is 17.2 Å². The monoisotopic (exact) mass is 771 g/mol. The lowest BCUT2D eigenvalue weighted by Crippen LogP contribution is -2.53. The molecule has 0 spiro atoms. The molecule has 57 heavy (non-hydrogen) atoms. The van der Waals surface area contributed by atoms with E-state index in [-0.39, 0.29) is 41.5 Å². The second kappa shape index (κ2) is 14.7. The van der Waals surface area contributed by atoms with E-state index in [1.165, 1.54) is 0 Å². The molecule has 294 valence electrons. The van der Waals surface area contributed by atoms with E-state index in [1.54, 1.807) is 36.3 Å². The number of anilines is 3. The number of nitrogen functional groups attached to an aromatic ring is 1. The van der Waals surface area contributed by atoms with Crippen LogP contribution in [0.1, 0.15) is 48.5 Å². The fourth-order valence-electron chi connectivity index (χ4n) is 8.84. The van der Waals surface area contributed by atoms with E-state index in [0.29, 0.717) is 57.7 Å². The van der Waals surface area contributed by atoms with Crippen molar-refractivity contribution in [2.45, 2.75) is 51.2 Å². The summed E-state index contributed by atoms with van der Waals surface area (Å²) < 4.78 is 17.8. The Hall–Kier alpha value is -6.15. The van der Waals surface area contributed by atoms with Gasteiger partial charge in [-0.15, -0.1) is 0 Å². The molecular weight excluding hydrogens is 727 g/mol. The summed E-state index contributed by atoms with van der Waals surface area (Å²) in [7, 11) is 1.61. The van der Waals surface area contributed by atoms with Crippen molar-refractivity contribution in [3.63, 3.8) is 0 Å². The van der Waals surface area contributed by atoms with Crippen LogP contribution in [0.15, 0.2) is 75.9 Å². The number of piperazine rings is 1. The van der Waals surface area contributed by atoms with Crippen molar-refractivity contribution < 1.29 is 28.3 Å². The summed E-state index contributed by atoms with van der Waals surface area (Å²) in [5, 5.41) is 2.83. The van der Waals surface area contributed by atoms with Gasteiger partial charge in [0, 0.05) is 80.8 Å². The number of piperidine rings is 2. The Morgan fingerprint density at radius 3 is 2.42 bits per heavy atom. The van der Waals surface area contributed by atoms with E-state index in [9.17, 15) is 19.2 Å². The van der Waals surface area contributed by atoms with Crippen LogP contribution < -0.4 is 35.8 Å². The number of nitrogens with zero attached hydrogens (tertiary/aromatic N) is 5. The van der Waals surface area contributed by atoms with Gasteiger partial charge < -0.3 is 34.3 Å². The highest BCUT2D eigenvalue weighted by Crippen LogP contribution is 2.39. The molecule has 3 amide bonds. The highest BCUT2D eigenvalue weighted by atomic mass is 16.5. The number of para-hydroxylation sites is 1. The molecule has 0 bridgehead atoms. The van der Waals surface area contributed by atoms with Crippen LogP contribution in [-0.4, -0.2) is 91.0 Å². The van der Waals surface area contributed by atoms with Crippen molar-refractivity contribution >= 4 is 57.0 Å². The first-order valence-electron chi connectivity index (χ1n) is 19.6. The number of nitrogens with two attached hydrogens (primary N) is 1. The molecule has 6 heterocycles. The summed E-state index contributed by atoms with van der Waals surface area (Å²) in [5.74, 6) is 1.35. The Bertz CT molecular complexity index is 2460. The Morgan fingerprint density at radius 2 is 1.67 bits per heavy atom. The summed E-state index contributed by atoms with van der Waals surface area (Å²) in [6.07, 6.45) is 2.64. The van der Waals surface area contributed by atoms with Gasteiger partial charge in [0.2, 0.25) is 17.2 Å². The lowest BCUT2D eigenvalue weighted by Gasteiger charge is -2.43. The fourth-order valence-corrected chi connectivity index (χ4v) is 8.84. The number of carbonyl (C=O) groups is 3. The lowest BCUT2D eigenvalue weighted by molar-refractivity contribution is -0.136. The largest absolute Gasteiger partial charge is 0.496 e. The number of hydrogen-bond donors (Lipinski definition) is 2. The zero-order valence-corrected chi connectivity index (χ0v) is 32.0. The molecule has 0 saturated carbocycles. The quantitative estimate of drug-likeness (QED) is 0.162.